The van der Waals surface area contributed by atoms with E-state index in [9.17, 15) is 19.2 Å². The van der Waals surface area contributed by atoms with Gasteiger partial charge in [0.05, 0.1) is 19.1 Å². The van der Waals surface area contributed by atoms with Crippen LogP contribution in [0.15, 0.2) is 103 Å². The van der Waals surface area contributed by atoms with E-state index in [1.807, 2.05) is 65.7 Å². The van der Waals surface area contributed by atoms with Gasteiger partial charge in [-0.2, -0.15) is 0 Å². The summed E-state index contributed by atoms with van der Waals surface area (Å²) >= 11 is 0. The van der Waals surface area contributed by atoms with Crippen LogP contribution in [0.25, 0.3) is 6.08 Å². The maximum atomic E-state index is 14.9. The number of esters is 1. The normalized spacial score (nSPS) is 22.5. The maximum Gasteiger partial charge on any atom is 0.308 e. The number of hydrogen-bond acceptors (Lipinski definition) is 7. The highest BCUT2D eigenvalue weighted by Gasteiger charge is 2.70. The van der Waals surface area contributed by atoms with Crippen molar-refractivity contribution in [2.24, 2.45) is 5.92 Å². The van der Waals surface area contributed by atoms with Crippen LogP contribution in [-0.2, 0) is 15.0 Å². The molecule has 44 heavy (non-hydrogen) atoms. The average molecular weight is 585 g/mol. The lowest BCUT2D eigenvalue weighted by Crippen LogP contribution is -2.49. The lowest BCUT2D eigenvalue weighted by atomic mass is 9.62. The maximum absolute atomic E-state index is 14.9. The van der Waals surface area contributed by atoms with Gasteiger partial charge in [0.15, 0.2) is 11.6 Å². The van der Waals surface area contributed by atoms with Crippen LogP contribution < -0.4 is 14.8 Å². The first-order chi connectivity index (χ1) is 21.3. The van der Waals surface area contributed by atoms with Crippen molar-refractivity contribution in [3.8, 4) is 11.5 Å². The van der Waals surface area contributed by atoms with Gasteiger partial charge in [-0.25, -0.2) is 0 Å². The second-order valence-electron chi connectivity index (χ2n) is 11.2. The zero-order chi connectivity index (χ0) is 30.6. The van der Waals surface area contributed by atoms with Crippen molar-refractivity contribution in [2.75, 3.05) is 12.4 Å². The van der Waals surface area contributed by atoms with Crippen molar-refractivity contribution < 1.29 is 28.7 Å². The van der Waals surface area contributed by atoms with Gasteiger partial charge in [0.25, 0.3) is 0 Å². The molecular formula is C36H28N2O6. The van der Waals surface area contributed by atoms with Gasteiger partial charge in [-0.1, -0.05) is 54.6 Å². The van der Waals surface area contributed by atoms with Crippen molar-refractivity contribution in [2.45, 2.75) is 24.4 Å². The van der Waals surface area contributed by atoms with Gasteiger partial charge >= 0.3 is 5.97 Å². The highest BCUT2D eigenvalue weighted by atomic mass is 16.5. The van der Waals surface area contributed by atoms with Gasteiger partial charge in [0.2, 0.25) is 5.91 Å². The summed E-state index contributed by atoms with van der Waals surface area (Å²) in [6.07, 6.45) is 3.75. The number of carbonyl (C=O) groups excluding carboxylic acids is 4. The summed E-state index contributed by atoms with van der Waals surface area (Å²) in [5.74, 6) is -1.80. The Hall–Kier alpha value is -5.50. The molecule has 4 atom stereocenters. The summed E-state index contributed by atoms with van der Waals surface area (Å²) in [4.78, 5) is 57.5. The summed E-state index contributed by atoms with van der Waals surface area (Å²) in [6, 6.07) is 26.5. The van der Waals surface area contributed by atoms with Gasteiger partial charge in [-0.15, -0.1) is 0 Å². The van der Waals surface area contributed by atoms with E-state index in [1.54, 1.807) is 48.5 Å². The van der Waals surface area contributed by atoms with Gasteiger partial charge in [-0.3, -0.25) is 19.2 Å². The standard InChI is InChI=1S/C36H28N2O6/c1-21(39)44-25-16-14-23(15-17-25)33(41)31-30(32(40)24-9-7-10-26(20-24)43-2)36(28-12-5-6-13-29(28)37-35(36)42)34-27-11-4-3-8-22(27)18-19-38(31)34/h3-20,30-31,34H,1-2H3,(H,37,42)/t30-,31+,34+,36-/m0/s1. The number of nitrogens with one attached hydrogen (secondary N) is 1. The molecule has 1 N–H and O–H groups in total. The van der Waals surface area contributed by atoms with E-state index >= 15 is 0 Å². The molecule has 3 aliphatic heterocycles. The molecule has 3 heterocycles. The SMILES string of the molecule is COc1cccc(C(=O)[C@@H]2[C@H](C(=O)c3ccc(OC(C)=O)cc3)N3C=Cc4ccccc4[C@@H]3[C@@]23C(=O)Nc2ccccc23)c1. The quantitative estimate of drug-likeness (QED) is 0.179. The number of fused-ring (bicyclic) bond motifs is 6. The lowest BCUT2D eigenvalue weighted by molar-refractivity contribution is -0.131. The molecule has 1 spiro atoms. The number of nitrogens with zero attached hydrogens (tertiary/aromatic N) is 1. The highest BCUT2D eigenvalue weighted by Crippen LogP contribution is 2.62. The van der Waals surface area contributed by atoms with E-state index in [0.717, 1.165) is 11.1 Å². The second kappa shape index (κ2) is 10.3. The molecule has 0 saturated carbocycles. The molecular weight excluding hydrogens is 556 g/mol. The first kappa shape index (κ1) is 27.3. The third-order valence-electron chi connectivity index (χ3n) is 8.88. The Balaban J connectivity index is 1.48. The Morgan fingerprint density at radius 3 is 2.34 bits per heavy atom. The molecule has 8 heteroatoms. The fraction of sp³-hybridized carbons (Fsp3) is 0.167. The fourth-order valence-corrected chi connectivity index (χ4v) is 7.15. The van der Waals surface area contributed by atoms with Crippen molar-refractivity contribution in [3.63, 3.8) is 0 Å². The van der Waals surface area contributed by atoms with Crippen LogP contribution in [0, 0.1) is 5.92 Å². The molecule has 0 aliphatic carbocycles. The highest BCUT2D eigenvalue weighted by molar-refractivity contribution is 6.16. The summed E-state index contributed by atoms with van der Waals surface area (Å²) < 4.78 is 10.6. The number of methoxy groups -OCH3 is 1. The number of Topliss-reactive ketones (excluding diaryl/α,β-unsaturated/α-hetero) is 2. The monoisotopic (exact) mass is 584 g/mol. The summed E-state index contributed by atoms with van der Waals surface area (Å²) in [5, 5.41) is 3.05. The number of hydrogen-bond donors (Lipinski definition) is 1. The molecule has 1 amide bonds. The molecule has 0 unspecified atom stereocenters. The van der Waals surface area contributed by atoms with Crippen LogP contribution in [0.2, 0.25) is 0 Å². The Kier molecular flexibility index (Phi) is 6.43. The predicted molar refractivity (Wildman–Crippen MR) is 163 cm³/mol. The van der Waals surface area contributed by atoms with Crippen molar-refractivity contribution in [3.05, 3.63) is 131 Å². The van der Waals surface area contributed by atoms with Crippen LogP contribution in [0.5, 0.6) is 11.5 Å². The van der Waals surface area contributed by atoms with E-state index < -0.39 is 29.4 Å². The lowest BCUT2D eigenvalue weighted by Gasteiger charge is -2.38. The fourth-order valence-electron chi connectivity index (χ4n) is 7.15. The third kappa shape index (κ3) is 3.98. The summed E-state index contributed by atoms with van der Waals surface area (Å²) in [5.41, 5.74) is 2.28. The number of anilines is 1. The number of rotatable bonds is 6. The second-order valence-corrected chi connectivity index (χ2v) is 11.2. The Morgan fingerprint density at radius 1 is 0.818 bits per heavy atom. The smallest absolute Gasteiger partial charge is 0.308 e. The number of carbonyl (C=O) groups is 4. The largest absolute Gasteiger partial charge is 0.497 e. The predicted octanol–water partition coefficient (Wildman–Crippen LogP) is 5.60. The average Bonchev–Trinajstić information content (AvgIpc) is 3.52. The number of amides is 1. The summed E-state index contributed by atoms with van der Waals surface area (Å²) in [6.45, 7) is 1.30. The third-order valence-corrected chi connectivity index (χ3v) is 8.88. The molecule has 1 saturated heterocycles. The van der Waals surface area contributed by atoms with E-state index in [1.165, 1.54) is 14.0 Å². The molecule has 0 radical (unpaired) electrons. The molecule has 0 bridgehead atoms. The molecule has 3 aliphatic rings. The molecule has 8 nitrogen and oxygen atoms in total. The molecule has 218 valence electrons. The minimum absolute atomic E-state index is 0.301. The van der Waals surface area contributed by atoms with Gasteiger partial charge < -0.3 is 19.7 Å². The summed E-state index contributed by atoms with van der Waals surface area (Å²) in [7, 11) is 1.52. The number of ether oxygens (including phenoxy) is 2. The zero-order valence-corrected chi connectivity index (χ0v) is 24.0. The van der Waals surface area contributed by atoms with Crippen LogP contribution >= 0.6 is 0 Å². The molecule has 7 rings (SSSR count). The molecule has 4 aromatic rings. The first-order valence-electron chi connectivity index (χ1n) is 14.3. The molecule has 1 fully saturated rings. The zero-order valence-electron chi connectivity index (χ0n) is 24.0. The number of para-hydroxylation sites is 1. The van der Waals surface area contributed by atoms with Crippen LogP contribution in [0.4, 0.5) is 5.69 Å². The van der Waals surface area contributed by atoms with Crippen LogP contribution in [0.1, 0.15) is 50.4 Å². The van der Waals surface area contributed by atoms with Crippen LogP contribution in [0.3, 0.4) is 0 Å². The Morgan fingerprint density at radius 2 is 1.57 bits per heavy atom. The number of benzene rings is 4. The van der Waals surface area contributed by atoms with Gasteiger partial charge in [0, 0.05) is 29.9 Å². The topological polar surface area (TPSA) is 102 Å². The van der Waals surface area contributed by atoms with Crippen molar-refractivity contribution in [1.29, 1.82) is 0 Å². The first-order valence-corrected chi connectivity index (χ1v) is 14.3. The number of ketones is 2. The van der Waals surface area contributed by atoms with Crippen LogP contribution in [-0.4, -0.2) is 41.5 Å². The van der Waals surface area contributed by atoms with Crippen molar-refractivity contribution in [1.82, 2.24) is 4.90 Å². The van der Waals surface area contributed by atoms with E-state index in [0.29, 0.717) is 33.9 Å². The van der Waals surface area contributed by atoms with E-state index in [-0.39, 0.29) is 17.5 Å². The van der Waals surface area contributed by atoms with E-state index in [4.69, 9.17) is 9.47 Å². The van der Waals surface area contributed by atoms with E-state index in [2.05, 4.69) is 5.32 Å². The molecule has 0 aromatic heterocycles. The Labute approximate surface area is 253 Å². The van der Waals surface area contributed by atoms with Crippen molar-refractivity contribution >= 4 is 35.2 Å². The minimum atomic E-state index is -1.43. The molecule has 4 aromatic carbocycles. The van der Waals surface area contributed by atoms with Gasteiger partial charge in [-0.05, 0) is 65.2 Å². The van der Waals surface area contributed by atoms with Gasteiger partial charge in [0.1, 0.15) is 23.0 Å². The minimum Gasteiger partial charge on any atom is -0.497 e. The Bertz CT molecular complexity index is 1880.